The molecule has 3 heterocycles. The van der Waals surface area contributed by atoms with E-state index in [9.17, 15) is 19.5 Å². The average Bonchev–Trinajstić information content (AvgIpc) is 3.33. The molecule has 3 saturated heterocycles. The first-order chi connectivity index (χ1) is 13.8. The standard InChI is InChI=1S/C21H35N3O4S/c1-5-6-9-23-19(27)17-21-8-7-14(29-21)15(18(26)22-4)16(21)20(28)24(17)13(11-25)10-12(2)3/h12-17,25H,5-11H2,1-4H3,(H,22,26)(H,23,27)/t13-,14+,15-,16+,17?,21?/m1/s1. The van der Waals surface area contributed by atoms with Crippen LogP contribution < -0.4 is 10.6 Å². The number of thioether (sulfide) groups is 1. The molecule has 0 aromatic heterocycles. The van der Waals surface area contributed by atoms with Gasteiger partial charge in [-0.25, -0.2) is 0 Å². The highest BCUT2D eigenvalue weighted by Gasteiger charge is 2.74. The molecule has 0 radical (unpaired) electrons. The van der Waals surface area contributed by atoms with Crippen LogP contribution >= 0.6 is 11.8 Å². The fourth-order valence-electron chi connectivity index (χ4n) is 5.56. The van der Waals surface area contributed by atoms with Crippen molar-refractivity contribution in [1.82, 2.24) is 15.5 Å². The molecule has 2 unspecified atom stereocenters. The van der Waals surface area contributed by atoms with Crippen molar-refractivity contribution >= 4 is 29.5 Å². The van der Waals surface area contributed by atoms with Gasteiger partial charge >= 0.3 is 0 Å². The van der Waals surface area contributed by atoms with Crippen LogP contribution in [0.2, 0.25) is 0 Å². The molecule has 8 heteroatoms. The molecule has 0 aromatic carbocycles. The van der Waals surface area contributed by atoms with Gasteiger partial charge in [-0.2, -0.15) is 0 Å². The maximum Gasteiger partial charge on any atom is 0.244 e. The monoisotopic (exact) mass is 425 g/mol. The normalized spacial score (nSPS) is 33.9. The molecule has 0 aromatic rings. The van der Waals surface area contributed by atoms with E-state index in [2.05, 4.69) is 17.6 Å². The molecule has 2 bridgehead atoms. The van der Waals surface area contributed by atoms with Crippen LogP contribution in [0.25, 0.3) is 0 Å². The maximum absolute atomic E-state index is 13.7. The Balaban J connectivity index is 1.99. The number of likely N-dealkylation sites (tertiary alicyclic amines) is 1. The van der Waals surface area contributed by atoms with Gasteiger partial charge in [-0.15, -0.1) is 11.8 Å². The molecule has 3 amide bonds. The Kier molecular flexibility index (Phi) is 6.83. The fourth-order valence-corrected chi connectivity index (χ4v) is 7.76. The van der Waals surface area contributed by atoms with Gasteiger partial charge in [0.2, 0.25) is 17.7 Å². The Morgan fingerprint density at radius 2 is 2.07 bits per heavy atom. The average molecular weight is 426 g/mol. The zero-order valence-corrected chi connectivity index (χ0v) is 18.8. The molecule has 3 aliphatic heterocycles. The van der Waals surface area contributed by atoms with E-state index in [4.69, 9.17) is 0 Å². The molecule has 29 heavy (non-hydrogen) atoms. The van der Waals surface area contributed by atoms with Crippen molar-refractivity contribution in [2.75, 3.05) is 20.2 Å². The fraction of sp³-hybridized carbons (Fsp3) is 0.857. The van der Waals surface area contributed by atoms with Gasteiger partial charge in [0.1, 0.15) is 6.04 Å². The van der Waals surface area contributed by atoms with Gasteiger partial charge in [0.25, 0.3) is 0 Å². The number of nitrogens with one attached hydrogen (secondary N) is 2. The summed E-state index contributed by atoms with van der Waals surface area (Å²) in [4.78, 5) is 41.3. The van der Waals surface area contributed by atoms with E-state index >= 15 is 0 Å². The molecule has 3 rings (SSSR count). The minimum atomic E-state index is -0.627. The van der Waals surface area contributed by atoms with Crippen LogP contribution in [0.15, 0.2) is 0 Å². The van der Waals surface area contributed by atoms with E-state index < -0.39 is 28.7 Å². The Morgan fingerprint density at radius 1 is 1.34 bits per heavy atom. The van der Waals surface area contributed by atoms with Crippen molar-refractivity contribution in [1.29, 1.82) is 0 Å². The van der Waals surface area contributed by atoms with Crippen LogP contribution in [0.5, 0.6) is 0 Å². The first kappa shape index (κ1) is 22.4. The SMILES string of the molecule is CCCCNC(=O)C1N([C@@H](CO)CC(C)C)C(=O)[C@@H]2[C@H](C(=O)NC)[C@@H]3CCC12S3. The number of nitrogens with zero attached hydrogens (tertiary/aromatic N) is 1. The van der Waals surface area contributed by atoms with E-state index in [1.54, 1.807) is 23.7 Å². The lowest BCUT2D eigenvalue weighted by Crippen LogP contribution is -2.56. The van der Waals surface area contributed by atoms with Crippen molar-refractivity contribution < 1.29 is 19.5 Å². The lowest BCUT2D eigenvalue weighted by atomic mass is 9.71. The third-order valence-corrected chi connectivity index (χ3v) is 8.66. The summed E-state index contributed by atoms with van der Waals surface area (Å²) in [6.07, 6.45) is 4.09. The van der Waals surface area contributed by atoms with Crippen LogP contribution in [0.3, 0.4) is 0 Å². The number of aliphatic hydroxyl groups is 1. The predicted molar refractivity (Wildman–Crippen MR) is 113 cm³/mol. The van der Waals surface area contributed by atoms with Crippen molar-refractivity contribution in [2.45, 2.75) is 75.0 Å². The summed E-state index contributed by atoms with van der Waals surface area (Å²) in [5.41, 5.74) is 0. The molecule has 3 fully saturated rings. The topological polar surface area (TPSA) is 98.7 Å². The number of fused-ring (bicyclic) bond motifs is 1. The zero-order valence-electron chi connectivity index (χ0n) is 17.9. The van der Waals surface area contributed by atoms with Gasteiger partial charge in [-0.05, 0) is 31.6 Å². The van der Waals surface area contributed by atoms with E-state index in [0.717, 1.165) is 25.7 Å². The predicted octanol–water partition coefficient (Wildman–Crippen LogP) is 1.15. The number of aliphatic hydroxyl groups excluding tert-OH is 1. The van der Waals surface area contributed by atoms with Crippen LogP contribution in [0.4, 0.5) is 0 Å². The molecule has 7 nitrogen and oxygen atoms in total. The number of hydrogen-bond acceptors (Lipinski definition) is 5. The third-order valence-electron chi connectivity index (χ3n) is 6.71. The number of amides is 3. The zero-order chi connectivity index (χ0) is 21.3. The van der Waals surface area contributed by atoms with Crippen molar-refractivity contribution in [2.24, 2.45) is 17.8 Å². The molecule has 1 spiro atoms. The summed E-state index contributed by atoms with van der Waals surface area (Å²) in [5, 5.41) is 15.9. The Hall–Kier alpha value is -1.28. The molecule has 3 aliphatic rings. The van der Waals surface area contributed by atoms with E-state index in [1.165, 1.54) is 0 Å². The van der Waals surface area contributed by atoms with Gasteiger partial charge in [-0.3, -0.25) is 14.4 Å². The molecule has 164 valence electrons. The lowest BCUT2D eigenvalue weighted by Gasteiger charge is -2.37. The van der Waals surface area contributed by atoms with Crippen molar-refractivity contribution in [3.63, 3.8) is 0 Å². The van der Waals surface area contributed by atoms with Crippen LogP contribution in [-0.4, -0.2) is 70.0 Å². The molecule has 0 aliphatic carbocycles. The lowest BCUT2D eigenvalue weighted by molar-refractivity contribution is -0.143. The summed E-state index contributed by atoms with van der Waals surface area (Å²) in [7, 11) is 1.60. The summed E-state index contributed by atoms with van der Waals surface area (Å²) in [5.74, 6) is -1.000. The first-order valence-corrected chi connectivity index (χ1v) is 11.8. The van der Waals surface area contributed by atoms with Crippen LogP contribution in [-0.2, 0) is 14.4 Å². The number of rotatable bonds is 9. The molecular formula is C21H35N3O4S. The second-order valence-corrected chi connectivity index (χ2v) is 10.6. The Morgan fingerprint density at radius 3 is 2.66 bits per heavy atom. The minimum Gasteiger partial charge on any atom is -0.394 e. The number of unbranched alkanes of at least 4 members (excludes halogenated alkanes) is 1. The molecular weight excluding hydrogens is 390 g/mol. The minimum absolute atomic E-state index is 0.0784. The van der Waals surface area contributed by atoms with Crippen molar-refractivity contribution in [3.8, 4) is 0 Å². The van der Waals surface area contributed by atoms with Gasteiger partial charge in [0.05, 0.1) is 29.2 Å². The highest BCUT2D eigenvalue weighted by molar-refractivity contribution is 8.02. The molecule has 6 atom stereocenters. The smallest absolute Gasteiger partial charge is 0.244 e. The Bertz CT molecular complexity index is 658. The summed E-state index contributed by atoms with van der Waals surface area (Å²) >= 11 is 1.67. The second kappa shape index (κ2) is 8.84. The second-order valence-electron chi connectivity index (χ2n) is 9.03. The van der Waals surface area contributed by atoms with Crippen LogP contribution in [0.1, 0.15) is 52.9 Å². The first-order valence-electron chi connectivity index (χ1n) is 10.9. The van der Waals surface area contributed by atoms with Gasteiger partial charge in [0.15, 0.2) is 0 Å². The number of carbonyl (C=O) groups excluding carboxylic acids is 3. The number of carbonyl (C=O) groups is 3. The number of hydrogen-bond donors (Lipinski definition) is 3. The summed E-state index contributed by atoms with van der Waals surface area (Å²) in [6.45, 7) is 6.57. The highest BCUT2D eigenvalue weighted by atomic mass is 32.2. The van der Waals surface area contributed by atoms with Gasteiger partial charge in [-0.1, -0.05) is 27.2 Å². The summed E-state index contributed by atoms with van der Waals surface area (Å²) < 4.78 is -0.570. The molecule has 3 N–H and O–H groups in total. The molecule has 0 saturated carbocycles. The quantitative estimate of drug-likeness (QED) is 0.481. The highest BCUT2D eigenvalue weighted by Crippen LogP contribution is 2.66. The van der Waals surface area contributed by atoms with E-state index in [-0.39, 0.29) is 35.5 Å². The third kappa shape index (κ3) is 3.67. The van der Waals surface area contributed by atoms with Crippen LogP contribution in [0, 0.1) is 17.8 Å². The van der Waals surface area contributed by atoms with Gasteiger partial charge in [0, 0.05) is 18.8 Å². The van der Waals surface area contributed by atoms with E-state index in [1.807, 2.05) is 13.8 Å². The maximum atomic E-state index is 13.7. The van der Waals surface area contributed by atoms with Gasteiger partial charge < -0.3 is 20.6 Å². The van der Waals surface area contributed by atoms with Crippen molar-refractivity contribution in [3.05, 3.63) is 0 Å². The largest absolute Gasteiger partial charge is 0.394 e. The summed E-state index contributed by atoms with van der Waals surface area (Å²) in [6, 6.07) is -1.04. The Labute approximate surface area is 177 Å². The van der Waals surface area contributed by atoms with E-state index in [0.29, 0.717) is 13.0 Å².